The number of benzene rings is 2. The highest BCUT2D eigenvalue weighted by atomic mass is 35.5. The van der Waals surface area contributed by atoms with Gasteiger partial charge in [0.15, 0.2) is 0 Å². The molecule has 3 nitrogen and oxygen atoms in total. The van der Waals surface area contributed by atoms with Crippen LogP contribution in [0.5, 0.6) is 0 Å². The van der Waals surface area contributed by atoms with E-state index in [0.717, 1.165) is 5.56 Å². The number of halogens is 3. The van der Waals surface area contributed by atoms with Gasteiger partial charge in [0.1, 0.15) is 10.8 Å². The first-order chi connectivity index (χ1) is 10.6. The van der Waals surface area contributed by atoms with Gasteiger partial charge in [0.25, 0.3) is 5.89 Å². The van der Waals surface area contributed by atoms with E-state index in [1.54, 1.807) is 36.4 Å². The van der Waals surface area contributed by atoms with E-state index in [9.17, 15) is 4.39 Å². The summed E-state index contributed by atoms with van der Waals surface area (Å²) < 4.78 is 18.3. The lowest BCUT2D eigenvalue weighted by Crippen LogP contribution is -1.82. The van der Waals surface area contributed by atoms with Crippen molar-refractivity contribution in [3.8, 4) is 11.4 Å². The number of nitrogens with zero attached hydrogens (tertiary/aromatic N) is 2. The Morgan fingerprint density at radius 1 is 1.14 bits per heavy atom. The first-order valence-corrected chi connectivity index (χ1v) is 7.10. The van der Waals surface area contributed by atoms with Crippen molar-refractivity contribution in [3.63, 3.8) is 0 Å². The molecule has 0 N–H and O–H groups in total. The summed E-state index contributed by atoms with van der Waals surface area (Å²) in [4.78, 5) is 4.21. The van der Waals surface area contributed by atoms with Gasteiger partial charge in [-0.15, -0.1) is 0 Å². The number of hydrogen-bond acceptors (Lipinski definition) is 3. The second kappa shape index (κ2) is 6.30. The smallest absolute Gasteiger partial charge is 0.269 e. The maximum absolute atomic E-state index is 13.1. The van der Waals surface area contributed by atoms with Gasteiger partial charge in [-0.25, -0.2) is 4.39 Å². The fraction of sp³-hybridized carbons (Fsp3) is 0. The van der Waals surface area contributed by atoms with Crippen LogP contribution in [0.4, 0.5) is 4.39 Å². The molecule has 0 amide bonds. The summed E-state index contributed by atoms with van der Waals surface area (Å²) in [7, 11) is 0. The maximum atomic E-state index is 13.1. The number of rotatable bonds is 3. The molecule has 110 valence electrons. The maximum Gasteiger partial charge on any atom is 0.269 e. The molecule has 3 aromatic rings. The van der Waals surface area contributed by atoms with Gasteiger partial charge < -0.3 is 4.52 Å². The molecule has 0 saturated carbocycles. The lowest BCUT2D eigenvalue weighted by Gasteiger charge is -1.95. The molecule has 0 unspecified atom stereocenters. The second-order valence-corrected chi connectivity index (χ2v) is 5.32. The van der Waals surface area contributed by atoms with Gasteiger partial charge in [-0.2, -0.15) is 4.98 Å². The Morgan fingerprint density at radius 3 is 2.73 bits per heavy atom. The van der Waals surface area contributed by atoms with E-state index >= 15 is 0 Å². The topological polar surface area (TPSA) is 38.9 Å². The van der Waals surface area contributed by atoms with Crippen LogP contribution in [0.1, 0.15) is 11.5 Å². The Morgan fingerprint density at radius 2 is 1.95 bits per heavy atom. The molecule has 0 spiro atoms. The van der Waals surface area contributed by atoms with Crippen LogP contribution in [-0.2, 0) is 0 Å². The second-order valence-electron chi connectivity index (χ2n) is 4.48. The minimum absolute atomic E-state index is 0.154. The minimum atomic E-state index is -0.344. The van der Waals surface area contributed by atoms with Crippen LogP contribution in [0.15, 0.2) is 53.1 Å². The van der Waals surface area contributed by atoms with Crippen LogP contribution in [0.25, 0.3) is 22.5 Å². The fourth-order valence-electron chi connectivity index (χ4n) is 1.87. The van der Waals surface area contributed by atoms with Crippen LogP contribution in [0, 0.1) is 5.82 Å². The summed E-state index contributed by atoms with van der Waals surface area (Å²) in [5, 5.41) is 4.67. The average molecular weight is 335 g/mol. The molecule has 0 saturated heterocycles. The molecular weight excluding hydrogens is 326 g/mol. The molecule has 6 heteroatoms. The van der Waals surface area contributed by atoms with Crippen LogP contribution in [-0.4, -0.2) is 10.1 Å². The summed E-state index contributed by atoms with van der Waals surface area (Å²) in [5.74, 6) is 0.188. The monoisotopic (exact) mass is 334 g/mol. The molecule has 0 fully saturated rings. The summed E-state index contributed by atoms with van der Waals surface area (Å²) in [6.07, 6.45) is 1.56. The van der Waals surface area contributed by atoms with E-state index in [4.69, 9.17) is 27.7 Å². The molecule has 1 aromatic heterocycles. The van der Waals surface area contributed by atoms with Crippen molar-refractivity contribution >= 4 is 34.3 Å². The zero-order valence-electron chi connectivity index (χ0n) is 11.1. The first kappa shape index (κ1) is 14.8. The molecule has 3 rings (SSSR count). The van der Waals surface area contributed by atoms with E-state index in [1.807, 2.05) is 6.07 Å². The van der Waals surface area contributed by atoms with Gasteiger partial charge in [0, 0.05) is 10.6 Å². The summed E-state index contributed by atoms with van der Waals surface area (Å²) in [6.45, 7) is 0. The molecule has 22 heavy (non-hydrogen) atoms. The predicted molar refractivity (Wildman–Crippen MR) is 84.9 cm³/mol. The molecular formula is C16H9Cl2FN2O. The van der Waals surface area contributed by atoms with Crippen molar-refractivity contribution in [2.45, 2.75) is 0 Å². The Kier molecular flexibility index (Phi) is 4.22. The molecule has 0 bridgehead atoms. The molecule has 0 radical (unpaired) electrons. The van der Waals surface area contributed by atoms with E-state index in [1.165, 1.54) is 12.1 Å². The highest BCUT2D eigenvalue weighted by Crippen LogP contribution is 2.25. The van der Waals surface area contributed by atoms with Crippen LogP contribution in [0.3, 0.4) is 0 Å². The summed E-state index contributed by atoms with van der Waals surface area (Å²) in [6, 6.07) is 13.1. The van der Waals surface area contributed by atoms with Gasteiger partial charge >= 0.3 is 0 Å². The Balaban J connectivity index is 1.90. The van der Waals surface area contributed by atoms with Crippen LogP contribution < -0.4 is 0 Å². The predicted octanol–water partition coefficient (Wildman–Crippen LogP) is 5.27. The van der Waals surface area contributed by atoms with E-state index in [0.29, 0.717) is 16.4 Å². The van der Waals surface area contributed by atoms with Crippen molar-refractivity contribution in [2.24, 2.45) is 0 Å². The molecule has 2 aromatic carbocycles. The van der Waals surface area contributed by atoms with Crippen LogP contribution in [0.2, 0.25) is 5.02 Å². The van der Waals surface area contributed by atoms with Crippen molar-refractivity contribution in [2.75, 3.05) is 0 Å². The molecule has 1 heterocycles. The fourth-order valence-corrected chi connectivity index (χ4v) is 2.26. The number of aromatic nitrogens is 2. The minimum Gasteiger partial charge on any atom is -0.333 e. The summed E-state index contributed by atoms with van der Waals surface area (Å²) in [5.41, 5.74) is 1.32. The molecule has 0 aliphatic carbocycles. The zero-order chi connectivity index (χ0) is 15.5. The third-order valence-electron chi connectivity index (χ3n) is 2.86. The first-order valence-electron chi connectivity index (χ1n) is 6.34. The Hall–Kier alpha value is -2.17. The third kappa shape index (κ3) is 3.35. The van der Waals surface area contributed by atoms with Gasteiger partial charge in [0.2, 0.25) is 5.82 Å². The van der Waals surface area contributed by atoms with E-state index < -0.39 is 0 Å². The van der Waals surface area contributed by atoms with Gasteiger partial charge in [-0.3, -0.25) is 0 Å². The van der Waals surface area contributed by atoms with Crippen molar-refractivity contribution in [1.29, 1.82) is 0 Å². The lowest BCUT2D eigenvalue weighted by atomic mass is 10.2. The van der Waals surface area contributed by atoms with Gasteiger partial charge in [-0.1, -0.05) is 52.6 Å². The van der Waals surface area contributed by atoms with E-state index in [-0.39, 0.29) is 16.7 Å². The van der Waals surface area contributed by atoms with Crippen LogP contribution >= 0.6 is 23.2 Å². The highest BCUT2D eigenvalue weighted by molar-refractivity contribution is 6.50. The lowest BCUT2D eigenvalue weighted by molar-refractivity contribution is 0.410. The Bertz CT molecular complexity index is 845. The quantitative estimate of drug-likeness (QED) is 0.655. The van der Waals surface area contributed by atoms with Crippen molar-refractivity contribution in [3.05, 3.63) is 70.8 Å². The Labute approximate surface area is 136 Å². The van der Waals surface area contributed by atoms with Crippen molar-refractivity contribution < 1.29 is 8.91 Å². The molecule has 0 atom stereocenters. The largest absolute Gasteiger partial charge is 0.333 e. The average Bonchev–Trinajstić information content (AvgIpc) is 2.97. The number of hydrogen-bond donors (Lipinski definition) is 0. The normalized spacial score (nSPS) is 11.7. The van der Waals surface area contributed by atoms with E-state index in [2.05, 4.69) is 10.1 Å². The van der Waals surface area contributed by atoms with Crippen molar-refractivity contribution in [1.82, 2.24) is 10.1 Å². The third-order valence-corrected chi connectivity index (χ3v) is 3.36. The standard InChI is InChI=1S/C16H9Cl2FN2O/c17-12-5-2-4-11(9-12)15-20-16(22-21-15)14(18)8-10-3-1-6-13(19)7-10/h1-9H/b14-8-. The summed E-state index contributed by atoms with van der Waals surface area (Å²) >= 11 is 12.1. The van der Waals surface area contributed by atoms with Gasteiger partial charge in [0.05, 0.1) is 0 Å². The molecule has 0 aliphatic rings. The zero-order valence-corrected chi connectivity index (χ0v) is 12.6. The molecule has 0 aliphatic heterocycles. The van der Waals surface area contributed by atoms with Gasteiger partial charge in [-0.05, 0) is 35.9 Å². The highest BCUT2D eigenvalue weighted by Gasteiger charge is 2.11. The SMILES string of the molecule is Fc1cccc(/C=C(\Cl)c2nc(-c3cccc(Cl)c3)no2)c1.